The van der Waals surface area contributed by atoms with Crippen molar-refractivity contribution in [3.05, 3.63) is 11.4 Å². The number of anilines is 2. The Labute approximate surface area is 122 Å². The Hall–Kier alpha value is -1.32. The van der Waals surface area contributed by atoms with E-state index in [1.54, 1.807) is 0 Å². The third-order valence-corrected chi connectivity index (χ3v) is 4.09. The molecule has 0 bridgehead atoms. The predicted octanol–water partition coefficient (Wildman–Crippen LogP) is 3.77. The van der Waals surface area contributed by atoms with Crippen LogP contribution in [0.3, 0.4) is 0 Å². The maximum absolute atomic E-state index is 4.69. The molecule has 2 rings (SSSR count). The first kappa shape index (κ1) is 15.1. The Kier molecular flexibility index (Phi) is 5.21. The van der Waals surface area contributed by atoms with Gasteiger partial charge >= 0.3 is 0 Å². The summed E-state index contributed by atoms with van der Waals surface area (Å²) in [6, 6.07) is 0.572. The molecule has 2 N–H and O–H groups in total. The Bertz CT molecular complexity index is 444. The molecule has 1 heterocycles. The van der Waals surface area contributed by atoms with Crippen LogP contribution in [0.2, 0.25) is 0 Å². The molecule has 1 aliphatic rings. The molecule has 20 heavy (non-hydrogen) atoms. The van der Waals surface area contributed by atoms with Crippen LogP contribution in [-0.4, -0.2) is 22.6 Å². The van der Waals surface area contributed by atoms with Gasteiger partial charge in [0.25, 0.3) is 0 Å². The normalized spacial score (nSPS) is 22.0. The standard InChI is InChI=1S/C16H28N4/c1-5-9-17-15-12(4)16(20-14(6-2)19-15)18-13-8-7-11(3)10-13/h11,13H,5-10H2,1-4H3,(H2,17,18,19,20). The summed E-state index contributed by atoms with van der Waals surface area (Å²) in [5.41, 5.74) is 1.15. The molecule has 0 spiro atoms. The maximum atomic E-state index is 4.69. The van der Waals surface area contributed by atoms with E-state index in [1.807, 2.05) is 0 Å². The fourth-order valence-corrected chi connectivity index (χ4v) is 2.81. The van der Waals surface area contributed by atoms with E-state index in [2.05, 4.69) is 48.3 Å². The highest BCUT2D eigenvalue weighted by molar-refractivity contribution is 5.57. The second kappa shape index (κ2) is 6.91. The van der Waals surface area contributed by atoms with E-state index in [-0.39, 0.29) is 0 Å². The largest absolute Gasteiger partial charge is 0.370 e. The molecule has 1 aliphatic carbocycles. The van der Waals surface area contributed by atoms with Gasteiger partial charge in [-0.3, -0.25) is 0 Å². The number of nitrogens with zero attached hydrogens (tertiary/aromatic N) is 2. The molecule has 2 unspecified atom stereocenters. The Morgan fingerprint density at radius 3 is 2.50 bits per heavy atom. The lowest BCUT2D eigenvalue weighted by Gasteiger charge is -2.18. The van der Waals surface area contributed by atoms with Crippen molar-refractivity contribution in [2.24, 2.45) is 5.92 Å². The SMILES string of the molecule is CCCNc1nc(CC)nc(NC2CCC(C)C2)c1C. The van der Waals surface area contributed by atoms with Gasteiger partial charge in [-0.2, -0.15) is 0 Å². The molecule has 4 nitrogen and oxygen atoms in total. The summed E-state index contributed by atoms with van der Waals surface area (Å²) < 4.78 is 0. The van der Waals surface area contributed by atoms with Crippen molar-refractivity contribution in [2.45, 2.75) is 65.8 Å². The van der Waals surface area contributed by atoms with Crippen LogP contribution in [0.5, 0.6) is 0 Å². The average molecular weight is 276 g/mol. The van der Waals surface area contributed by atoms with Crippen LogP contribution in [0.15, 0.2) is 0 Å². The number of nitrogens with one attached hydrogen (secondary N) is 2. The lowest BCUT2D eigenvalue weighted by molar-refractivity contribution is 0.602. The van der Waals surface area contributed by atoms with E-state index in [4.69, 9.17) is 0 Å². The van der Waals surface area contributed by atoms with E-state index in [0.717, 1.165) is 48.3 Å². The van der Waals surface area contributed by atoms with Crippen molar-refractivity contribution in [3.63, 3.8) is 0 Å². The van der Waals surface area contributed by atoms with Crippen LogP contribution in [0.1, 0.15) is 57.8 Å². The van der Waals surface area contributed by atoms with Crippen LogP contribution in [0.4, 0.5) is 11.6 Å². The highest BCUT2D eigenvalue weighted by Crippen LogP contribution is 2.29. The third-order valence-electron chi connectivity index (χ3n) is 4.09. The monoisotopic (exact) mass is 276 g/mol. The zero-order valence-electron chi connectivity index (χ0n) is 13.3. The summed E-state index contributed by atoms with van der Waals surface area (Å²) in [5, 5.41) is 7.06. The number of rotatable bonds is 6. The minimum Gasteiger partial charge on any atom is -0.370 e. The topological polar surface area (TPSA) is 49.8 Å². The first-order valence-corrected chi connectivity index (χ1v) is 8.01. The fourth-order valence-electron chi connectivity index (χ4n) is 2.81. The number of aryl methyl sites for hydroxylation is 1. The molecule has 2 atom stereocenters. The van der Waals surface area contributed by atoms with Crippen LogP contribution >= 0.6 is 0 Å². The van der Waals surface area contributed by atoms with Crippen molar-refractivity contribution in [2.75, 3.05) is 17.2 Å². The van der Waals surface area contributed by atoms with Gasteiger partial charge in [-0.05, 0) is 38.5 Å². The smallest absolute Gasteiger partial charge is 0.134 e. The van der Waals surface area contributed by atoms with Gasteiger partial charge in [0.2, 0.25) is 0 Å². The minimum absolute atomic E-state index is 0.572. The minimum atomic E-state index is 0.572. The molecule has 112 valence electrons. The molecule has 0 aromatic carbocycles. The quantitative estimate of drug-likeness (QED) is 0.830. The van der Waals surface area contributed by atoms with Crippen molar-refractivity contribution < 1.29 is 0 Å². The number of hydrogen-bond donors (Lipinski definition) is 2. The van der Waals surface area contributed by atoms with Gasteiger partial charge in [0, 0.05) is 24.6 Å². The van der Waals surface area contributed by atoms with Gasteiger partial charge in [0.05, 0.1) is 0 Å². The summed E-state index contributed by atoms with van der Waals surface area (Å²) in [6.07, 6.45) is 5.81. The van der Waals surface area contributed by atoms with Gasteiger partial charge in [-0.1, -0.05) is 20.8 Å². The zero-order chi connectivity index (χ0) is 14.5. The summed E-state index contributed by atoms with van der Waals surface area (Å²) in [7, 11) is 0. The first-order valence-electron chi connectivity index (χ1n) is 8.01. The molecule has 0 aliphatic heterocycles. The second-order valence-corrected chi connectivity index (χ2v) is 6.00. The van der Waals surface area contributed by atoms with Crippen molar-refractivity contribution in [3.8, 4) is 0 Å². The lowest BCUT2D eigenvalue weighted by Crippen LogP contribution is -2.19. The van der Waals surface area contributed by atoms with Crippen molar-refractivity contribution >= 4 is 11.6 Å². The van der Waals surface area contributed by atoms with E-state index in [0.29, 0.717) is 6.04 Å². The highest BCUT2D eigenvalue weighted by Gasteiger charge is 2.22. The number of aromatic nitrogens is 2. The van der Waals surface area contributed by atoms with Gasteiger partial charge in [-0.25, -0.2) is 9.97 Å². The fraction of sp³-hybridized carbons (Fsp3) is 0.750. The van der Waals surface area contributed by atoms with Crippen molar-refractivity contribution in [1.82, 2.24) is 9.97 Å². The second-order valence-electron chi connectivity index (χ2n) is 6.00. The predicted molar refractivity (Wildman–Crippen MR) is 85.4 cm³/mol. The van der Waals surface area contributed by atoms with Gasteiger partial charge in [0.15, 0.2) is 0 Å². The molecular formula is C16H28N4. The maximum Gasteiger partial charge on any atom is 0.134 e. The van der Waals surface area contributed by atoms with E-state index < -0.39 is 0 Å². The van der Waals surface area contributed by atoms with E-state index >= 15 is 0 Å². The average Bonchev–Trinajstić information content (AvgIpc) is 2.85. The molecule has 1 aromatic heterocycles. The molecular weight excluding hydrogens is 248 g/mol. The Morgan fingerprint density at radius 1 is 1.15 bits per heavy atom. The summed E-state index contributed by atoms with van der Waals surface area (Å²) >= 11 is 0. The van der Waals surface area contributed by atoms with Crippen LogP contribution < -0.4 is 10.6 Å². The lowest BCUT2D eigenvalue weighted by atomic mass is 10.1. The molecule has 4 heteroatoms. The van der Waals surface area contributed by atoms with Crippen molar-refractivity contribution in [1.29, 1.82) is 0 Å². The van der Waals surface area contributed by atoms with E-state index in [9.17, 15) is 0 Å². The highest BCUT2D eigenvalue weighted by atomic mass is 15.1. The van der Waals surface area contributed by atoms with Gasteiger partial charge < -0.3 is 10.6 Å². The molecule has 1 aromatic rings. The van der Waals surface area contributed by atoms with Gasteiger partial charge in [-0.15, -0.1) is 0 Å². The van der Waals surface area contributed by atoms with Crippen LogP contribution in [0.25, 0.3) is 0 Å². The zero-order valence-corrected chi connectivity index (χ0v) is 13.3. The summed E-state index contributed by atoms with van der Waals surface area (Å²) in [6.45, 7) is 9.68. The number of hydrogen-bond acceptors (Lipinski definition) is 4. The molecule has 0 radical (unpaired) electrons. The first-order chi connectivity index (χ1) is 9.63. The molecule has 1 saturated carbocycles. The van der Waals surface area contributed by atoms with Gasteiger partial charge in [0.1, 0.15) is 17.5 Å². The molecule has 1 fully saturated rings. The third kappa shape index (κ3) is 3.62. The van der Waals surface area contributed by atoms with E-state index in [1.165, 1.54) is 19.3 Å². The summed E-state index contributed by atoms with van der Waals surface area (Å²) in [4.78, 5) is 9.30. The summed E-state index contributed by atoms with van der Waals surface area (Å²) in [5.74, 6) is 3.77. The van der Waals surface area contributed by atoms with Crippen LogP contribution in [-0.2, 0) is 6.42 Å². The molecule has 0 amide bonds. The Balaban J connectivity index is 2.17. The van der Waals surface area contributed by atoms with Crippen LogP contribution in [0, 0.1) is 12.8 Å². The molecule has 0 saturated heterocycles. The Morgan fingerprint density at radius 2 is 1.90 bits per heavy atom.